The molecular formula is C15H9Cl2F3N4OS. The van der Waals surface area contributed by atoms with Gasteiger partial charge < -0.3 is 5.32 Å². The third kappa shape index (κ3) is 4.35. The van der Waals surface area contributed by atoms with Gasteiger partial charge >= 0.3 is 6.18 Å². The summed E-state index contributed by atoms with van der Waals surface area (Å²) < 4.78 is 38.4. The lowest BCUT2D eigenvalue weighted by molar-refractivity contribution is -0.141. The molecule has 26 heavy (non-hydrogen) atoms. The molecule has 3 aromatic rings. The highest BCUT2D eigenvalue weighted by molar-refractivity contribution is 7.14. The SMILES string of the molecule is O=C(Cn1ccc(C(F)(F)F)n1)Nc1nc(-c2cc(Cl)ccc2Cl)cs1. The Morgan fingerprint density at radius 1 is 1.27 bits per heavy atom. The van der Waals surface area contributed by atoms with Crippen molar-refractivity contribution in [3.8, 4) is 11.3 Å². The zero-order chi connectivity index (χ0) is 18.9. The Bertz CT molecular complexity index is 955. The summed E-state index contributed by atoms with van der Waals surface area (Å²) in [6, 6.07) is 5.72. The Hall–Kier alpha value is -2.10. The first-order valence-electron chi connectivity index (χ1n) is 7.04. The van der Waals surface area contributed by atoms with E-state index in [0.29, 0.717) is 21.3 Å². The van der Waals surface area contributed by atoms with Crippen molar-refractivity contribution in [3.63, 3.8) is 0 Å². The Labute approximate surface area is 159 Å². The summed E-state index contributed by atoms with van der Waals surface area (Å²) in [6.07, 6.45) is -3.47. The molecule has 0 aliphatic carbocycles. The number of halogens is 5. The first-order valence-corrected chi connectivity index (χ1v) is 8.67. The number of thiazole rings is 1. The molecule has 0 saturated heterocycles. The smallest absolute Gasteiger partial charge is 0.300 e. The summed E-state index contributed by atoms with van der Waals surface area (Å²) in [5, 5.41) is 8.74. The van der Waals surface area contributed by atoms with E-state index in [1.807, 2.05) is 0 Å². The van der Waals surface area contributed by atoms with Crippen molar-refractivity contribution in [2.24, 2.45) is 0 Å². The van der Waals surface area contributed by atoms with Gasteiger partial charge in [-0.3, -0.25) is 9.48 Å². The quantitative estimate of drug-likeness (QED) is 0.647. The molecule has 136 valence electrons. The van der Waals surface area contributed by atoms with Crippen LogP contribution in [0.15, 0.2) is 35.8 Å². The van der Waals surface area contributed by atoms with Gasteiger partial charge in [0, 0.05) is 22.2 Å². The third-order valence-corrected chi connectivity index (χ3v) is 4.51. The Morgan fingerprint density at radius 2 is 2.04 bits per heavy atom. The number of amides is 1. The molecule has 3 rings (SSSR count). The van der Waals surface area contributed by atoms with E-state index in [9.17, 15) is 18.0 Å². The van der Waals surface area contributed by atoms with Crippen LogP contribution in [0.5, 0.6) is 0 Å². The fourth-order valence-corrected chi connectivity index (χ4v) is 3.17. The fraction of sp³-hybridized carbons (Fsp3) is 0.133. The molecule has 0 saturated carbocycles. The molecule has 5 nitrogen and oxygen atoms in total. The highest BCUT2D eigenvalue weighted by Gasteiger charge is 2.33. The van der Waals surface area contributed by atoms with Gasteiger partial charge in [-0.05, 0) is 24.3 Å². The van der Waals surface area contributed by atoms with Crippen LogP contribution < -0.4 is 5.32 Å². The number of aromatic nitrogens is 3. The Balaban J connectivity index is 1.68. The van der Waals surface area contributed by atoms with Crippen LogP contribution in [0.2, 0.25) is 10.0 Å². The summed E-state index contributed by atoms with van der Waals surface area (Å²) in [5.41, 5.74) is 0.0755. The molecule has 0 spiro atoms. The van der Waals surface area contributed by atoms with Gasteiger partial charge in [0.1, 0.15) is 6.54 Å². The van der Waals surface area contributed by atoms with E-state index in [4.69, 9.17) is 23.2 Å². The number of rotatable bonds is 4. The van der Waals surface area contributed by atoms with E-state index in [-0.39, 0.29) is 11.7 Å². The van der Waals surface area contributed by atoms with Gasteiger partial charge in [0.15, 0.2) is 10.8 Å². The van der Waals surface area contributed by atoms with E-state index in [2.05, 4.69) is 15.4 Å². The number of hydrogen-bond donors (Lipinski definition) is 1. The van der Waals surface area contributed by atoms with Crippen LogP contribution in [-0.4, -0.2) is 20.7 Å². The van der Waals surface area contributed by atoms with Gasteiger partial charge in [-0.2, -0.15) is 18.3 Å². The monoisotopic (exact) mass is 420 g/mol. The zero-order valence-electron chi connectivity index (χ0n) is 12.7. The van der Waals surface area contributed by atoms with E-state index >= 15 is 0 Å². The van der Waals surface area contributed by atoms with Gasteiger partial charge in [-0.25, -0.2) is 4.98 Å². The number of anilines is 1. The van der Waals surface area contributed by atoms with Gasteiger partial charge in [-0.1, -0.05) is 23.2 Å². The summed E-state index contributed by atoms with van der Waals surface area (Å²) in [6.45, 7) is -0.372. The summed E-state index contributed by atoms with van der Waals surface area (Å²) >= 11 is 13.2. The van der Waals surface area contributed by atoms with Crippen LogP contribution in [0.3, 0.4) is 0 Å². The van der Waals surface area contributed by atoms with Gasteiger partial charge in [-0.15, -0.1) is 11.3 Å². The number of alkyl halides is 3. The summed E-state index contributed by atoms with van der Waals surface area (Å²) in [4.78, 5) is 16.2. The molecule has 0 fully saturated rings. The molecule has 0 aliphatic rings. The average Bonchev–Trinajstić information content (AvgIpc) is 3.19. The minimum Gasteiger partial charge on any atom is -0.300 e. The second-order valence-corrected chi connectivity index (χ2v) is 6.81. The van der Waals surface area contributed by atoms with Crippen LogP contribution in [0.4, 0.5) is 18.3 Å². The van der Waals surface area contributed by atoms with Crippen molar-refractivity contribution in [2.75, 3.05) is 5.32 Å². The van der Waals surface area contributed by atoms with Crippen LogP contribution in [0.25, 0.3) is 11.3 Å². The molecule has 0 radical (unpaired) electrons. The van der Waals surface area contributed by atoms with E-state index in [1.165, 1.54) is 0 Å². The van der Waals surface area contributed by atoms with Crippen molar-refractivity contribution < 1.29 is 18.0 Å². The lowest BCUT2D eigenvalue weighted by Gasteiger charge is -2.04. The van der Waals surface area contributed by atoms with E-state index < -0.39 is 17.8 Å². The number of carbonyl (C=O) groups is 1. The van der Waals surface area contributed by atoms with E-state index in [0.717, 1.165) is 28.3 Å². The number of nitrogens with one attached hydrogen (secondary N) is 1. The van der Waals surface area contributed by atoms with Gasteiger partial charge in [0.25, 0.3) is 0 Å². The van der Waals surface area contributed by atoms with Crippen molar-refractivity contribution >= 4 is 45.6 Å². The zero-order valence-corrected chi connectivity index (χ0v) is 15.0. The number of hydrogen-bond acceptors (Lipinski definition) is 4. The van der Waals surface area contributed by atoms with Crippen LogP contribution in [0.1, 0.15) is 5.69 Å². The summed E-state index contributed by atoms with van der Waals surface area (Å²) in [5.74, 6) is -0.556. The summed E-state index contributed by atoms with van der Waals surface area (Å²) in [7, 11) is 0. The number of benzene rings is 1. The predicted molar refractivity (Wildman–Crippen MR) is 93.4 cm³/mol. The fourth-order valence-electron chi connectivity index (χ4n) is 2.06. The maximum Gasteiger partial charge on any atom is 0.435 e. The van der Waals surface area contributed by atoms with Gasteiger partial charge in [0.05, 0.1) is 10.7 Å². The molecule has 0 bridgehead atoms. The Morgan fingerprint density at radius 3 is 2.73 bits per heavy atom. The average molecular weight is 421 g/mol. The van der Waals surface area contributed by atoms with Crippen molar-refractivity contribution in [3.05, 3.63) is 51.6 Å². The number of nitrogens with zero attached hydrogens (tertiary/aromatic N) is 3. The molecular weight excluding hydrogens is 412 g/mol. The molecule has 0 unspecified atom stereocenters. The minimum atomic E-state index is -4.55. The highest BCUT2D eigenvalue weighted by atomic mass is 35.5. The lowest BCUT2D eigenvalue weighted by Crippen LogP contribution is -2.19. The molecule has 0 atom stereocenters. The highest BCUT2D eigenvalue weighted by Crippen LogP contribution is 2.32. The van der Waals surface area contributed by atoms with Gasteiger partial charge in [0.2, 0.25) is 5.91 Å². The maximum absolute atomic E-state index is 12.5. The first-order chi connectivity index (χ1) is 12.2. The standard InChI is InChI=1S/C15H9Cl2F3N4OS/c16-8-1-2-10(17)9(5-8)11-7-26-14(21-11)22-13(25)6-24-4-3-12(23-24)15(18,19)20/h1-5,7H,6H2,(H,21,22,25). The van der Waals surface area contributed by atoms with Crippen LogP contribution >= 0.6 is 34.5 Å². The van der Waals surface area contributed by atoms with E-state index in [1.54, 1.807) is 23.6 Å². The largest absolute Gasteiger partial charge is 0.435 e. The second-order valence-electron chi connectivity index (χ2n) is 5.11. The molecule has 0 aliphatic heterocycles. The maximum atomic E-state index is 12.5. The van der Waals surface area contributed by atoms with Crippen molar-refractivity contribution in [2.45, 2.75) is 12.7 Å². The molecule has 2 heterocycles. The van der Waals surface area contributed by atoms with Crippen LogP contribution in [-0.2, 0) is 17.5 Å². The molecule has 1 amide bonds. The molecule has 11 heteroatoms. The Kier molecular flexibility index (Phi) is 5.22. The van der Waals surface area contributed by atoms with Crippen LogP contribution in [0, 0.1) is 0 Å². The number of carbonyl (C=O) groups excluding carboxylic acids is 1. The molecule has 1 aromatic carbocycles. The van der Waals surface area contributed by atoms with Crippen molar-refractivity contribution in [1.82, 2.24) is 14.8 Å². The normalized spacial score (nSPS) is 11.6. The minimum absolute atomic E-state index is 0.282. The second kappa shape index (κ2) is 7.26. The topological polar surface area (TPSA) is 59.8 Å². The lowest BCUT2D eigenvalue weighted by atomic mass is 10.2. The molecule has 2 aromatic heterocycles. The van der Waals surface area contributed by atoms with Crippen molar-refractivity contribution in [1.29, 1.82) is 0 Å². The third-order valence-electron chi connectivity index (χ3n) is 3.19. The first kappa shape index (κ1) is 18.7. The predicted octanol–water partition coefficient (Wildman–Crippen LogP) is 4.97. The molecule has 1 N–H and O–H groups in total.